The maximum Gasteiger partial charge on any atom is 0.294 e. The van der Waals surface area contributed by atoms with Gasteiger partial charge in [-0.05, 0) is 0 Å². The predicted molar refractivity (Wildman–Crippen MR) is 159 cm³/mol. The van der Waals surface area contributed by atoms with Crippen molar-refractivity contribution in [2.24, 2.45) is 10.2 Å². The topological polar surface area (TPSA) is 344 Å². The molecule has 2 fully saturated rings. The fourth-order valence-electron chi connectivity index (χ4n) is 5.88. The highest BCUT2D eigenvalue weighted by Crippen LogP contribution is 2.45. The van der Waals surface area contributed by atoms with Crippen molar-refractivity contribution in [1.82, 2.24) is 39.0 Å². The Morgan fingerprint density at radius 3 is 1.94 bits per heavy atom. The van der Waals surface area contributed by atoms with Gasteiger partial charge in [-0.15, -0.1) is 10.2 Å². The van der Waals surface area contributed by atoms with Crippen LogP contribution in [0.3, 0.4) is 0 Å². The van der Waals surface area contributed by atoms with Crippen molar-refractivity contribution in [2.75, 3.05) is 24.7 Å². The molecular weight excluding hydrogens is 640 g/mol. The van der Waals surface area contributed by atoms with Crippen molar-refractivity contribution in [2.45, 2.75) is 48.3 Å². The second-order valence-corrected chi connectivity index (χ2v) is 11.1. The smallest absolute Gasteiger partial charge is 0.294 e. The number of aromatic amines is 2. The number of ether oxygens (including phenoxy) is 2. The minimum atomic E-state index is -2.67. The van der Waals surface area contributed by atoms with E-state index in [4.69, 9.17) is 20.9 Å². The monoisotopic (exact) mass is 668 g/mol. The highest BCUT2D eigenvalue weighted by Gasteiger charge is 2.61. The summed E-state index contributed by atoms with van der Waals surface area (Å²) in [4.78, 5) is 46.9. The number of fused-ring (bicyclic) bond motifs is 2. The van der Waals surface area contributed by atoms with Crippen LogP contribution in [0.2, 0.25) is 0 Å². The van der Waals surface area contributed by atoms with Crippen molar-refractivity contribution in [3.8, 4) is 11.4 Å². The number of rotatable bonds is 7. The maximum absolute atomic E-state index is 13.0. The third-order valence-electron chi connectivity index (χ3n) is 8.18. The molecule has 5 aromatic rings. The minimum absolute atomic E-state index is 0.0951. The Morgan fingerprint density at radius 1 is 0.792 bits per heavy atom. The summed E-state index contributed by atoms with van der Waals surface area (Å²) in [6.45, 7) is -1.67. The van der Waals surface area contributed by atoms with Gasteiger partial charge in [0.2, 0.25) is 11.9 Å². The van der Waals surface area contributed by atoms with Crippen molar-refractivity contribution in [1.29, 1.82) is 0 Å². The highest BCUT2D eigenvalue weighted by molar-refractivity contribution is 5.78. The van der Waals surface area contributed by atoms with Gasteiger partial charge in [0.15, 0.2) is 34.5 Å². The second-order valence-electron chi connectivity index (χ2n) is 11.1. The molecule has 12 N–H and O–H groups in total. The molecule has 2 aliphatic heterocycles. The van der Waals surface area contributed by atoms with Gasteiger partial charge in [-0.1, -0.05) is 30.3 Å². The van der Waals surface area contributed by atoms with Crippen molar-refractivity contribution < 1.29 is 40.1 Å². The standard InChI is InChI=1S/C26H28N12O10/c27-23-31-19-12(21(45)33-23)29-8-37(19)25(16(43)14(41)10(6-39)47-25)35-36-26(17(44)15(42)11(7-40)48-26)38-18(9-4-2-1-3-5-9)30-13-20(38)32-24(28)34-22(13)46/h1-5,8,10-11,14-17,39-44H,6-7H2,(H3,27,31,33,45)(H3,28,32,34,46)/t10-,11-,14-,15-,16-,17-,25+,26+/m1/s1. The molecule has 0 amide bonds. The molecule has 0 aliphatic carbocycles. The van der Waals surface area contributed by atoms with E-state index in [9.17, 15) is 40.2 Å². The first-order valence-electron chi connectivity index (χ1n) is 14.3. The first-order chi connectivity index (χ1) is 23.0. The van der Waals surface area contributed by atoms with Gasteiger partial charge in [0.05, 0.1) is 13.2 Å². The quantitative estimate of drug-likeness (QED) is 0.0738. The van der Waals surface area contributed by atoms with Gasteiger partial charge in [0.25, 0.3) is 22.8 Å². The Morgan fingerprint density at radius 2 is 1.33 bits per heavy atom. The number of aromatic nitrogens is 8. The lowest BCUT2D eigenvalue weighted by Crippen LogP contribution is -2.47. The van der Waals surface area contributed by atoms with E-state index in [1.54, 1.807) is 30.3 Å². The summed E-state index contributed by atoms with van der Waals surface area (Å²) >= 11 is 0. The number of hydrogen-bond acceptors (Lipinski definition) is 18. The first-order valence-corrected chi connectivity index (χ1v) is 14.3. The number of aliphatic hydroxyl groups is 6. The van der Waals surface area contributed by atoms with Gasteiger partial charge in [-0.3, -0.25) is 28.7 Å². The van der Waals surface area contributed by atoms with Crippen molar-refractivity contribution >= 4 is 34.2 Å². The van der Waals surface area contributed by atoms with E-state index in [2.05, 4.69) is 40.1 Å². The van der Waals surface area contributed by atoms with Crippen LogP contribution in [0.25, 0.3) is 33.7 Å². The van der Waals surface area contributed by atoms with Crippen LogP contribution in [0, 0.1) is 0 Å². The summed E-state index contributed by atoms with van der Waals surface area (Å²) in [7, 11) is 0. The van der Waals surface area contributed by atoms with E-state index in [0.29, 0.717) is 5.56 Å². The lowest BCUT2D eigenvalue weighted by atomic mass is 10.1. The molecule has 0 unspecified atom stereocenters. The van der Waals surface area contributed by atoms with Crippen LogP contribution in [-0.2, 0) is 21.2 Å². The first kappa shape index (κ1) is 31.4. The number of imidazole rings is 2. The molecule has 8 atom stereocenters. The molecule has 2 saturated heterocycles. The van der Waals surface area contributed by atoms with Gasteiger partial charge in [-0.25, -0.2) is 9.97 Å². The van der Waals surface area contributed by atoms with Crippen LogP contribution >= 0.6 is 0 Å². The van der Waals surface area contributed by atoms with E-state index < -0.39 is 72.7 Å². The number of hydrogen-bond donors (Lipinski definition) is 10. The summed E-state index contributed by atoms with van der Waals surface area (Å²) in [5, 5.41) is 73.6. The van der Waals surface area contributed by atoms with E-state index in [1.807, 2.05) is 0 Å². The summed E-state index contributed by atoms with van der Waals surface area (Å²) in [6, 6.07) is 8.19. The van der Waals surface area contributed by atoms with Gasteiger partial charge >= 0.3 is 0 Å². The number of nitrogens with two attached hydrogens (primary N) is 2. The van der Waals surface area contributed by atoms with Gasteiger partial charge in [0.1, 0.15) is 36.6 Å². The molecule has 4 aromatic heterocycles. The Labute approximate surface area is 265 Å². The molecule has 7 rings (SSSR count). The summed E-state index contributed by atoms with van der Waals surface area (Å²) in [5.74, 6) is -6.11. The summed E-state index contributed by atoms with van der Waals surface area (Å²) in [6.07, 6.45) is -9.87. The van der Waals surface area contributed by atoms with Crippen LogP contribution in [-0.4, -0.2) is 120 Å². The number of benzene rings is 1. The van der Waals surface area contributed by atoms with Crippen LogP contribution in [0.4, 0.5) is 11.9 Å². The number of aliphatic hydroxyl groups excluding tert-OH is 6. The van der Waals surface area contributed by atoms with E-state index in [1.165, 1.54) is 0 Å². The molecule has 0 spiro atoms. The SMILES string of the molecule is Nc1nc2c(ncn2[C@]2(N=N[C@@]3(n4c(-c5ccccc5)nc5c(=O)[nH]c(N)nc54)O[C@H](CO)[C@@H](O)[C@H]3O)O[C@H](CO)[C@@H](O)[C@H]2O)c(=O)[nH]1. The normalized spacial score (nSPS) is 30.7. The lowest BCUT2D eigenvalue weighted by molar-refractivity contribution is -0.170. The van der Waals surface area contributed by atoms with Crippen molar-refractivity contribution in [3.05, 3.63) is 57.4 Å². The summed E-state index contributed by atoms with van der Waals surface area (Å²) < 4.78 is 13.9. The highest BCUT2D eigenvalue weighted by atomic mass is 16.6. The average molecular weight is 669 g/mol. The number of nitrogens with zero attached hydrogens (tertiary/aromatic N) is 8. The third-order valence-corrected chi connectivity index (χ3v) is 8.18. The number of anilines is 2. The van der Waals surface area contributed by atoms with Gasteiger partial charge < -0.3 is 51.6 Å². The second kappa shape index (κ2) is 11.2. The molecule has 0 radical (unpaired) electrons. The number of nitrogens with one attached hydrogen (secondary N) is 2. The fraction of sp³-hybridized carbons (Fsp3) is 0.385. The fourth-order valence-corrected chi connectivity index (χ4v) is 5.88. The predicted octanol–water partition coefficient (Wildman–Crippen LogP) is -4.02. The van der Waals surface area contributed by atoms with Crippen LogP contribution in [0.15, 0.2) is 56.5 Å². The Bertz CT molecular complexity index is 2170. The molecule has 252 valence electrons. The summed E-state index contributed by atoms with van der Waals surface area (Å²) in [5.41, 5.74) is 9.24. The number of azo groups is 1. The Hall–Kier alpha value is -5.20. The minimum Gasteiger partial charge on any atom is -0.394 e. The largest absolute Gasteiger partial charge is 0.394 e. The molecule has 2 aliphatic rings. The third kappa shape index (κ3) is 4.43. The number of H-pyrrole nitrogens is 2. The molecule has 1 aromatic carbocycles. The van der Waals surface area contributed by atoms with Crippen LogP contribution < -0.4 is 22.6 Å². The van der Waals surface area contributed by atoms with Crippen molar-refractivity contribution in [3.63, 3.8) is 0 Å². The van der Waals surface area contributed by atoms with Gasteiger partial charge in [-0.2, -0.15) is 9.97 Å². The molecule has 48 heavy (non-hydrogen) atoms. The van der Waals surface area contributed by atoms with E-state index in [-0.39, 0.29) is 40.0 Å². The van der Waals surface area contributed by atoms with Gasteiger partial charge in [0, 0.05) is 5.56 Å². The molecule has 0 bridgehead atoms. The zero-order chi connectivity index (χ0) is 34.1. The molecular formula is C26H28N12O10. The van der Waals surface area contributed by atoms with Crippen LogP contribution in [0.1, 0.15) is 0 Å². The van der Waals surface area contributed by atoms with E-state index >= 15 is 0 Å². The Balaban J connectivity index is 1.55. The molecule has 22 nitrogen and oxygen atoms in total. The van der Waals surface area contributed by atoms with E-state index in [0.717, 1.165) is 15.5 Å². The Kier molecular flexibility index (Phi) is 7.33. The molecule has 0 saturated carbocycles. The zero-order valence-corrected chi connectivity index (χ0v) is 24.4. The molecule has 22 heteroatoms. The van der Waals surface area contributed by atoms with Crippen LogP contribution in [0.5, 0.6) is 0 Å². The number of nitrogen functional groups attached to an aromatic ring is 2. The zero-order valence-electron chi connectivity index (χ0n) is 24.4. The maximum atomic E-state index is 13.0. The molecule has 6 heterocycles. The lowest BCUT2D eigenvalue weighted by Gasteiger charge is -2.33. The average Bonchev–Trinajstić information content (AvgIpc) is 3.80.